The number of rotatable bonds is 4. The largest absolute Gasteiger partial charge is 0.367 e. The second-order valence-electron chi connectivity index (χ2n) is 7.05. The highest BCUT2D eigenvalue weighted by molar-refractivity contribution is 6.14. The number of nitrogens with one attached hydrogen (secondary N) is 4. The van der Waals surface area contributed by atoms with Crippen molar-refractivity contribution in [1.29, 1.82) is 0 Å². The number of imide groups is 1. The fourth-order valence-corrected chi connectivity index (χ4v) is 3.16. The number of amides is 5. The summed E-state index contributed by atoms with van der Waals surface area (Å²) in [7, 11) is 0. The van der Waals surface area contributed by atoms with Crippen LogP contribution in [0.3, 0.4) is 0 Å². The Balaban J connectivity index is 1.51. The molecule has 0 atom stereocenters. The lowest BCUT2D eigenvalue weighted by molar-refractivity contribution is -0.115. The standard InChI is InChI=1S/C18H18N8O3/c27-16-12(21-17(28)24-16)7-10-9-19-26-14(20-11-3-4-11)8-13(22-15(10)26)23-18(29)25-5-1-2-6-25/h1-2,7-9,11,20H,3-6H2,(H,22,23,29)(H2,21,24,27,28)/b12-7-. The van der Waals surface area contributed by atoms with Gasteiger partial charge in [-0.25, -0.2) is 14.6 Å². The number of urea groups is 2. The molecule has 2 aromatic rings. The van der Waals surface area contributed by atoms with E-state index in [1.165, 1.54) is 6.08 Å². The lowest BCUT2D eigenvalue weighted by Crippen LogP contribution is -2.33. The highest BCUT2D eigenvalue weighted by Gasteiger charge is 2.26. The van der Waals surface area contributed by atoms with Crippen molar-refractivity contribution in [3.8, 4) is 0 Å². The number of nitrogens with zero attached hydrogens (tertiary/aromatic N) is 4. The number of hydrogen-bond acceptors (Lipinski definition) is 6. The average molecular weight is 394 g/mol. The molecular formula is C18H18N8O3. The van der Waals surface area contributed by atoms with Gasteiger partial charge in [0.2, 0.25) is 0 Å². The normalized spacial score (nSPS) is 19.7. The average Bonchev–Trinajstić information content (AvgIpc) is 3.07. The van der Waals surface area contributed by atoms with Crippen LogP contribution in [-0.4, -0.2) is 56.6 Å². The summed E-state index contributed by atoms with van der Waals surface area (Å²) in [5, 5.41) is 15.2. The number of aromatic nitrogens is 3. The smallest absolute Gasteiger partial charge is 0.326 e. The van der Waals surface area contributed by atoms with Crippen LogP contribution in [0.2, 0.25) is 0 Å². The third kappa shape index (κ3) is 3.37. The summed E-state index contributed by atoms with van der Waals surface area (Å²) < 4.78 is 1.62. The molecule has 4 heterocycles. The summed E-state index contributed by atoms with van der Waals surface area (Å²) in [5.41, 5.74) is 1.10. The van der Waals surface area contributed by atoms with Gasteiger partial charge in [0.25, 0.3) is 5.91 Å². The predicted molar refractivity (Wildman–Crippen MR) is 104 cm³/mol. The van der Waals surface area contributed by atoms with Gasteiger partial charge in [-0.05, 0) is 18.9 Å². The maximum Gasteiger partial charge on any atom is 0.326 e. The second kappa shape index (κ2) is 6.62. The van der Waals surface area contributed by atoms with E-state index < -0.39 is 11.9 Å². The van der Waals surface area contributed by atoms with E-state index in [1.54, 1.807) is 21.7 Å². The highest BCUT2D eigenvalue weighted by atomic mass is 16.2. The zero-order valence-corrected chi connectivity index (χ0v) is 15.3. The van der Waals surface area contributed by atoms with E-state index >= 15 is 0 Å². The molecule has 2 aromatic heterocycles. The lowest BCUT2D eigenvalue weighted by atomic mass is 10.2. The molecule has 0 aromatic carbocycles. The van der Waals surface area contributed by atoms with Crippen molar-refractivity contribution >= 4 is 41.3 Å². The number of fused-ring (bicyclic) bond motifs is 1. The fourth-order valence-electron chi connectivity index (χ4n) is 3.16. The van der Waals surface area contributed by atoms with Crippen LogP contribution in [-0.2, 0) is 4.79 Å². The Labute approximate surface area is 164 Å². The van der Waals surface area contributed by atoms with Gasteiger partial charge in [0.1, 0.15) is 17.3 Å². The molecule has 0 unspecified atom stereocenters. The van der Waals surface area contributed by atoms with Crippen LogP contribution in [0.25, 0.3) is 11.7 Å². The molecule has 5 rings (SSSR count). The monoisotopic (exact) mass is 394 g/mol. The summed E-state index contributed by atoms with van der Waals surface area (Å²) in [6.07, 6.45) is 9.05. The van der Waals surface area contributed by atoms with Crippen molar-refractivity contribution in [3.05, 3.63) is 35.7 Å². The summed E-state index contributed by atoms with van der Waals surface area (Å²) in [4.78, 5) is 41.8. The molecule has 1 aliphatic carbocycles. The highest BCUT2D eigenvalue weighted by Crippen LogP contribution is 2.27. The van der Waals surface area contributed by atoms with E-state index in [2.05, 4.69) is 31.3 Å². The van der Waals surface area contributed by atoms with Crippen LogP contribution in [0.1, 0.15) is 18.4 Å². The Morgan fingerprint density at radius 3 is 2.69 bits per heavy atom. The van der Waals surface area contributed by atoms with Gasteiger partial charge < -0.3 is 15.5 Å². The molecular weight excluding hydrogens is 376 g/mol. The molecule has 0 bridgehead atoms. The molecule has 1 saturated carbocycles. The van der Waals surface area contributed by atoms with Gasteiger partial charge in [-0.2, -0.15) is 9.61 Å². The Hall–Kier alpha value is -3.89. The molecule has 11 nitrogen and oxygen atoms in total. The summed E-state index contributed by atoms with van der Waals surface area (Å²) in [5.74, 6) is 0.547. The molecule has 2 fully saturated rings. The van der Waals surface area contributed by atoms with Crippen molar-refractivity contribution in [2.45, 2.75) is 18.9 Å². The van der Waals surface area contributed by atoms with Gasteiger partial charge in [0, 0.05) is 30.8 Å². The maximum atomic E-state index is 12.5. The molecule has 29 heavy (non-hydrogen) atoms. The first kappa shape index (κ1) is 17.2. The molecule has 5 amide bonds. The molecule has 0 spiro atoms. The Kier molecular flexibility index (Phi) is 3.93. The van der Waals surface area contributed by atoms with Crippen molar-refractivity contribution in [3.63, 3.8) is 0 Å². The second-order valence-corrected chi connectivity index (χ2v) is 7.05. The van der Waals surface area contributed by atoms with Gasteiger partial charge in [0.05, 0.1) is 6.20 Å². The van der Waals surface area contributed by atoms with E-state index in [0.29, 0.717) is 42.0 Å². The van der Waals surface area contributed by atoms with Crippen LogP contribution < -0.4 is 21.3 Å². The fraction of sp³-hybridized carbons (Fsp3) is 0.278. The van der Waals surface area contributed by atoms with Crippen molar-refractivity contribution in [2.75, 3.05) is 23.7 Å². The van der Waals surface area contributed by atoms with Crippen LogP contribution in [0.4, 0.5) is 21.2 Å². The minimum atomic E-state index is -0.575. The molecule has 3 aliphatic rings. The first-order valence-corrected chi connectivity index (χ1v) is 9.27. The van der Waals surface area contributed by atoms with E-state index in [-0.39, 0.29) is 11.7 Å². The van der Waals surface area contributed by atoms with Crippen LogP contribution in [0.5, 0.6) is 0 Å². The molecule has 0 radical (unpaired) electrons. The van der Waals surface area contributed by atoms with Crippen molar-refractivity contribution in [1.82, 2.24) is 30.1 Å². The third-order valence-corrected chi connectivity index (χ3v) is 4.79. The van der Waals surface area contributed by atoms with E-state index in [0.717, 1.165) is 12.8 Å². The zero-order valence-electron chi connectivity index (χ0n) is 15.3. The summed E-state index contributed by atoms with van der Waals surface area (Å²) in [6.45, 7) is 1.11. The Morgan fingerprint density at radius 1 is 1.21 bits per heavy atom. The Morgan fingerprint density at radius 2 is 2.00 bits per heavy atom. The number of hydrogen-bond donors (Lipinski definition) is 4. The molecule has 148 valence electrons. The first-order chi connectivity index (χ1) is 14.1. The van der Waals surface area contributed by atoms with Gasteiger partial charge in [0.15, 0.2) is 5.65 Å². The van der Waals surface area contributed by atoms with Gasteiger partial charge in [-0.1, -0.05) is 12.2 Å². The van der Waals surface area contributed by atoms with Crippen LogP contribution in [0, 0.1) is 0 Å². The first-order valence-electron chi connectivity index (χ1n) is 9.27. The predicted octanol–water partition coefficient (Wildman–Crippen LogP) is 0.888. The SMILES string of the molecule is O=C1NC(=O)/C(=C/c2cnn3c(NC4CC4)cc(NC(=O)N4CC=CC4)nc23)N1. The van der Waals surface area contributed by atoms with Crippen LogP contribution in [0.15, 0.2) is 30.1 Å². The Bertz CT molecular complexity index is 1090. The number of anilines is 2. The third-order valence-electron chi connectivity index (χ3n) is 4.79. The van der Waals surface area contributed by atoms with E-state index in [1.807, 2.05) is 12.2 Å². The van der Waals surface area contributed by atoms with Crippen molar-refractivity contribution < 1.29 is 14.4 Å². The van der Waals surface area contributed by atoms with E-state index in [9.17, 15) is 14.4 Å². The van der Waals surface area contributed by atoms with Crippen molar-refractivity contribution in [2.24, 2.45) is 0 Å². The molecule has 4 N–H and O–H groups in total. The topological polar surface area (TPSA) is 133 Å². The lowest BCUT2D eigenvalue weighted by Gasteiger charge is -2.17. The van der Waals surface area contributed by atoms with Gasteiger partial charge >= 0.3 is 12.1 Å². The summed E-state index contributed by atoms with van der Waals surface area (Å²) in [6, 6.07) is 1.28. The maximum absolute atomic E-state index is 12.5. The quantitative estimate of drug-likeness (QED) is 0.346. The summed E-state index contributed by atoms with van der Waals surface area (Å²) >= 11 is 0. The minimum absolute atomic E-state index is 0.112. The van der Waals surface area contributed by atoms with E-state index in [4.69, 9.17) is 0 Å². The molecule has 2 aliphatic heterocycles. The van der Waals surface area contributed by atoms with Crippen LogP contribution >= 0.6 is 0 Å². The van der Waals surface area contributed by atoms with Gasteiger partial charge in [-0.3, -0.25) is 15.4 Å². The number of carbonyl (C=O) groups is 3. The zero-order chi connectivity index (χ0) is 20.0. The molecule has 11 heteroatoms. The minimum Gasteiger partial charge on any atom is -0.367 e. The van der Waals surface area contributed by atoms with Gasteiger partial charge in [-0.15, -0.1) is 0 Å². The number of carbonyl (C=O) groups excluding carboxylic acids is 3. The molecule has 1 saturated heterocycles.